The number of benzene rings is 1. The Bertz CT molecular complexity index is 271. The second-order valence-electron chi connectivity index (χ2n) is 3.41. The summed E-state index contributed by atoms with van der Waals surface area (Å²) in [5.74, 6) is 0. The first kappa shape index (κ1) is 12.5. The number of aliphatic hydroxyl groups excluding tert-OH is 1. The van der Waals surface area contributed by atoms with Gasteiger partial charge in [0.15, 0.2) is 0 Å². The van der Waals surface area contributed by atoms with Gasteiger partial charge in [-0.3, -0.25) is 0 Å². The Morgan fingerprint density at radius 2 is 2.00 bits per heavy atom. The van der Waals surface area contributed by atoms with E-state index in [1.165, 1.54) is 0 Å². The minimum Gasteiger partial charge on any atom is -0.388 e. The Balaban J connectivity index is 2.33. The summed E-state index contributed by atoms with van der Waals surface area (Å²) >= 11 is 5.76. The van der Waals surface area contributed by atoms with Gasteiger partial charge in [-0.1, -0.05) is 23.7 Å². The standard InChI is InChI=1S/C12H17ClO2/c1-2-15-9-3-4-12(14)10-5-7-11(13)8-6-10/h5-8,12,14H,2-4,9H2,1H3. The van der Waals surface area contributed by atoms with E-state index in [1.54, 1.807) is 12.1 Å². The van der Waals surface area contributed by atoms with Gasteiger partial charge in [0, 0.05) is 18.2 Å². The molecule has 0 bridgehead atoms. The lowest BCUT2D eigenvalue weighted by molar-refractivity contribution is 0.114. The highest BCUT2D eigenvalue weighted by Crippen LogP contribution is 2.20. The van der Waals surface area contributed by atoms with Crippen molar-refractivity contribution in [3.8, 4) is 0 Å². The van der Waals surface area contributed by atoms with Gasteiger partial charge in [-0.25, -0.2) is 0 Å². The average Bonchev–Trinajstić information content (AvgIpc) is 2.25. The molecule has 1 atom stereocenters. The normalized spacial score (nSPS) is 12.7. The molecule has 0 aromatic heterocycles. The minimum absolute atomic E-state index is 0.414. The fourth-order valence-corrected chi connectivity index (χ4v) is 1.50. The van der Waals surface area contributed by atoms with Gasteiger partial charge >= 0.3 is 0 Å². The van der Waals surface area contributed by atoms with Crippen LogP contribution in [0.15, 0.2) is 24.3 Å². The smallest absolute Gasteiger partial charge is 0.0790 e. The van der Waals surface area contributed by atoms with Gasteiger partial charge in [0.1, 0.15) is 0 Å². The van der Waals surface area contributed by atoms with Crippen molar-refractivity contribution < 1.29 is 9.84 Å². The molecule has 0 radical (unpaired) electrons. The average molecular weight is 229 g/mol. The lowest BCUT2D eigenvalue weighted by Crippen LogP contribution is -2.00. The highest BCUT2D eigenvalue weighted by Gasteiger charge is 2.06. The van der Waals surface area contributed by atoms with Crippen molar-refractivity contribution in [2.45, 2.75) is 25.9 Å². The highest BCUT2D eigenvalue weighted by molar-refractivity contribution is 6.30. The van der Waals surface area contributed by atoms with E-state index < -0.39 is 6.10 Å². The van der Waals surface area contributed by atoms with Crippen molar-refractivity contribution >= 4 is 11.6 Å². The fraction of sp³-hybridized carbons (Fsp3) is 0.500. The number of aliphatic hydroxyl groups is 1. The van der Waals surface area contributed by atoms with Crippen LogP contribution >= 0.6 is 11.6 Å². The molecule has 0 saturated carbocycles. The second kappa shape index (κ2) is 6.83. The van der Waals surface area contributed by atoms with E-state index in [-0.39, 0.29) is 0 Å². The number of ether oxygens (including phenoxy) is 1. The molecule has 0 heterocycles. The van der Waals surface area contributed by atoms with E-state index in [0.717, 1.165) is 25.0 Å². The molecule has 0 fully saturated rings. The predicted octanol–water partition coefficient (Wildman–Crippen LogP) is 3.19. The Morgan fingerprint density at radius 1 is 1.33 bits per heavy atom. The van der Waals surface area contributed by atoms with Crippen LogP contribution in [0.25, 0.3) is 0 Å². The number of rotatable bonds is 6. The van der Waals surface area contributed by atoms with Crippen LogP contribution in [0.3, 0.4) is 0 Å². The first-order chi connectivity index (χ1) is 7.24. The molecule has 3 heteroatoms. The van der Waals surface area contributed by atoms with Crippen LogP contribution in [0.1, 0.15) is 31.4 Å². The monoisotopic (exact) mass is 228 g/mol. The van der Waals surface area contributed by atoms with Gasteiger partial charge in [0.2, 0.25) is 0 Å². The van der Waals surface area contributed by atoms with Crippen LogP contribution in [0.5, 0.6) is 0 Å². The van der Waals surface area contributed by atoms with E-state index in [0.29, 0.717) is 11.6 Å². The summed E-state index contributed by atoms with van der Waals surface area (Å²) < 4.78 is 5.21. The molecule has 0 saturated heterocycles. The molecule has 0 aliphatic rings. The third kappa shape index (κ3) is 4.65. The number of hydrogen-bond acceptors (Lipinski definition) is 2. The molecule has 0 aliphatic carbocycles. The van der Waals surface area contributed by atoms with Gasteiger partial charge in [-0.15, -0.1) is 0 Å². The maximum absolute atomic E-state index is 9.81. The first-order valence-corrected chi connectivity index (χ1v) is 5.63. The number of hydrogen-bond donors (Lipinski definition) is 1. The number of halogens is 1. The molecule has 15 heavy (non-hydrogen) atoms. The van der Waals surface area contributed by atoms with Crippen molar-refractivity contribution in [1.29, 1.82) is 0 Å². The van der Waals surface area contributed by atoms with Gasteiger partial charge in [-0.05, 0) is 37.5 Å². The molecule has 1 unspecified atom stereocenters. The van der Waals surface area contributed by atoms with Crippen molar-refractivity contribution in [3.05, 3.63) is 34.9 Å². The Hall–Kier alpha value is -0.570. The molecule has 1 aromatic carbocycles. The predicted molar refractivity (Wildman–Crippen MR) is 62.1 cm³/mol. The molecule has 84 valence electrons. The van der Waals surface area contributed by atoms with Gasteiger partial charge in [0.05, 0.1) is 6.10 Å². The summed E-state index contributed by atoms with van der Waals surface area (Å²) in [5.41, 5.74) is 0.913. The zero-order chi connectivity index (χ0) is 11.1. The SMILES string of the molecule is CCOCCCC(O)c1ccc(Cl)cc1. The van der Waals surface area contributed by atoms with Gasteiger partial charge in [0.25, 0.3) is 0 Å². The molecule has 1 aromatic rings. The molecule has 1 rings (SSSR count). The Morgan fingerprint density at radius 3 is 2.60 bits per heavy atom. The quantitative estimate of drug-likeness (QED) is 0.758. The van der Waals surface area contributed by atoms with Crippen LogP contribution in [0.4, 0.5) is 0 Å². The third-order valence-corrected chi connectivity index (χ3v) is 2.48. The van der Waals surface area contributed by atoms with Gasteiger partial charge < -0.3 is 9.84 Å². The molecular formula is C12H17ClO2. The fourth-order valence-electron chi connectivity index (χ4n) is 1.37. The van der Waals surface area contributed by atoms with Crippen LogP contribution in [-0.2, 0) is 4.74 Å². The van der Waals surface area contributed by atoms with Crippen LogP contribution in [-0.4, -0.2) is 18.3 Å². The van der Waals surface area contributed by atoms with Crippen LogP contribution in [0.2, 0.25) is 5.02 Å². The minimum atomic E-state index is -0.414. The van der Waals surface area contributed by atoms with Crippen LogP contribution < -0.4 is 0 Å². The summed E-state index contributed by atoms with van der Waals surface area (Å²) in [5, 5.41) is 10.5. The highest BCUT2D eigenvalue weighted by atomic mass is 35.5. The largest absolute Gasteiger partial charge is 0.388 e. The van der Waals surface area contributed by atoms with Crippen LogP contribution in [0, 0.1) is 0 Å². The van der Waals surface area contributed by atoms with E-state index >= 15 is 0 Å². The van der Waals surface area contributed by atoms with Crippen molar-refractivity contribution in [2.75, 3.05) is 13.2 Å². The zero-order valence-electron chi connectivity index (χ0n) is 8.95. The summed E-state index contributed by atoms with van der Waals surface area (Å²) in [7, 11) is 0. The van der Waals surface area contributed by atoms with Gasteiger partial charge in [-0.2, -0.15) is 0 Å². The van der Waals surface area contributed by atoms with E-state index in [2.05, 4.69) is 0 Å². The molecule has 1 N–H and O–H groups in total. The third-order valence-electron chi connectivity index (χ3n) is 2.23. The van der Waals surface area contributed by atoms with Crippen molar-refractivity contribution in [1.82, 2.24) is 0 Å². The lowest BCUT2D eigenvalue weighted by atomic mass is 10.1. The second-order valence-corrected chi connectivity index (χ2v) is 3.84. The molecule has 2 nitrogen and oxygen atoms in total. The summed E-state index contributed by atoms with van der Waals surface area (Å²) in [4.78, 5) is 0. The Kier molecular flexibility index (Phi) is 5.69. The maximum Gasteiger partial charge on any atom is 0.0790 e. The first-order valence-electron chi connectivity index (χ1n) is 5.25. The van der Waals surface area contributed by atoms with Crippen molar-refractivity contribution in [2.24, 2.45) is 0 Å². The maximum atomic E-state index is 9.81. The summed E-state index contributed by atoms with van der Waals surface area (Å²) in [6, 6.07) is 7.30. The summed E-state index contributed by atoms with van der Waals surface area (Å²) in [6.07, 6.45) is 1.18. The Labute approximate surface area is 95.8 Å². The van der Waals surface area contributed by atoms with Crippen molar-refractivity contribution in [3.63, 3.8) is 0 Å². The van der Waals surface area contributed by atoms with E-state index in [1.807, 2.05) is 19.1 Å². The van der Waals surface area contributed by atoms with E-state index in [4.69, 9.17) is 16.3 Å². The molecule has 0 aliphatic heterocycles. The molecule has 0 spiro atoms. The molecular weight excluding hydrogens is 212 g/mol. The summed E-state index contributed by atoms with van der Waals surface area (Å²) in [6.45, 7) is 3.41. The lowest BCUT2D eigenvalue weighted by Gasteiger charge is -2.10. The molecule has 0 amide bonds. The zero-order valence-corrected chi connectivity index (χ0v) is 9.70. The topological polar surface area (TPSA) is 29.5 Å². The van der Waals surface area contributed by atoms with E-state index in [9.17, 15) is 5.11 Å².